The van der Waals surface area contributed by atoms with Crippen LogP contribution in [0.4, 0.5) is 5.82 Å². The minimum atomic E-state index is -0.901. The molecule has 0 atom stereocenters. The lowest BCUT2D eigenvalue weighted by Crippen LogP contribution is -2.47. The van der Waals surface area contributed by atoms with Crippen LogP contribution < -0.4 is 4.90 Å². The van der Waals surface area contributed by atoms with E-state index in [1.165, 1.54) is 6.07 Å². The van der Waals surface area contributed by atoms with Gasteiger partial charge in [0.15, 0.2) is 0 Å². The van der Waals surface area contributed by atoms with E-state index in [-0.39, 0.29) is 0 Å². The van der Waals surface area contributed by atoms with Crippen molar-refractivity contribution in [3.63, 3.8) is 0 Å². The number of anilines is 1. The molecular formula is C14H21N3O2. The van der Waals surface area contributed by atoms with Crippen LogP contribution in [0.2, 0.25) is 0 Å². The van der Waals surface area contributed by atoms with Gasteiger partial charge in [-0.2, -0.15) is 0 Å². The van der Waals surface area contributed by atoms with E-state index in [2.05, 4.69) is 28.6 Å². The van der Waals surface area contributed by atoms with Gasteiger partial charge in [0.25, 0.3) is 0 Å². The maximum Gasteiger partial charge on any atom is 0.335 e. The molecule has 0 bridgehead atoms. The first-order valence-electron chi connectivity index (χ1n) is 6.73. The van der Waals surface area contributed by atoms with Crippen molar-refractivity contribution >= 4 is 11.8 Å². The summed E-state index contributed by atoms with van der Waals surface area (Å²) < 4.78 is 0. The predicted molar refractivity (Wildman–Crippen MR) is 74.7 cm³/mol. The number of carboxylic acids is 1. The molecule has 0 aliphatic carbocycles. The highest BCUT2D eigenvalue weighted by atomic mass is 16.4. The minimum absolute atomic E-state index is 0.301. The smallest absolute Gasteiger partial charge is 0.335 e. The van der Waals surface area contributed by atoms with Gasteiger partial charge >= 0.3 is 5.97 Å². The summed E-state index contributed by atoms with van der Waals surface area (Å²) in [6, 6.07) is 3.18. The van der Waals surface area contributed by atoms with E-state index in [0.29, 0.717) is 11.5 Å². The molecule has 1 aromatic rings. The Bertz CT molecular complexity index is 440. The molecule has 1 saturated heterocycles. The highest BCUT2D eigenvalue weighted by Crippen LogP contribution is 2.15. The number of aromatic carboxylic acids is 1. The van der Waals surface area contributed by atoms with Crippen LogP contribution in [-0.2, 0) is 0 Å². The van der Waals surface area contributed by atoms with E-state index >= 15 is 0 Å². The molecule has 0 radical (unpaired) electrons. The molecule has 0 unspecified atom stereocenters. The number of hydrogen-bond acceptors (Lipinski definition) is 4. The summed E-state index contributed by atoms with van der Waals surface area (Å²) in [5, 5.41) is 8.99. The molecule has 0 spiro atoms. The molecule has 2 heterocycles. The highest BCUT2D eigenvalue weighted by molar-refractivity contribution is 5.88. The summed E-state index contributed by atoms with van der Waals surface area (Å²) in [6.45, 7) is 9.41. The molecule has 0 saturated carbocycles. The number of piperazine rings is 1. The van der Waals surface area contributed by atoms with Crippen LogP contribution in [0.25, 0.3) is 0 Å². The number of pyridine rings is 1. The Morgan fingerprint density at radius 2 is 2.05 bits per heavy atom. The van der Waals surface area contributed by atoms with Gasteiger partial charge in [0, 0.05) is 38.9 Å². The number of carbonyl (C=O) groups is 1. The zero-order chi connectivity index (χ0) is 13.8. The lowest BCUT2D eigenvalue weighted by molar-refractivity contribution is 0.0696. The molecule has 1 aromatic heterocycles. The first kappa shape index (κ1) is 13.8. The SMILES string of the molecule is CC(C)CN1CCN(c2cc(C(=O)O)ccn2)CC1. The molecule has 104 valence electrons. The summed E-state index contributed by atoms with van der Waals surface area (Å²) in [5.74, 6) is 0.547. The number of aromatic nitrogens is 1. The molecule has 1 N–H and O–H groups in total. The van der Waals surface area contributed by atoms with Gasteiger partial charge in [-0.15, -0.1) is 0 Å². The Kier molecular flexibility index (Phi) is 4.37. The van der Waals surface area contributed by atoms with Gasteiger partial charge in [-0.05, 0) is 18.1 Å². The van der Waals surface area contributed by atoms with Crippen LogP contribution in [0.1, 0.15) is 24.2 Å². The van der Waals surface area contributed by atoms with Crippen LogP contribution >= 0.6 is 0 Å². The second-order valence-electron chi connectivity index (χ2n) is 5.39. The van der Waals surface area contributed by atoms with Gasteiger partial charge in [-0.25, -0.2) is 9.78 Å². The number of carboxylic acid groups (broad SMARTS) is 1. The van der Waals surface area contributed by atoms with Crippen molar-refractivity contribution in [1.82, 2.24) is 9.88 Å². The van der Waals surface area contributed by atoms with Crippen molar-refractivity contribution < 1.29 is 9.90 Å². The number of nitrogens with zero attached hydrogens (tertiary/aromatic N) is 3. The van der Waals surface area contributed by atoms with Gasteiger partial charge in [-0.1, -0.05) is 13.8 Å². The Hall–Kier alpha value is -1.62. The molecular weight excluding hydrogens is 242 g/mol. The van der Waals surface area contributed by atoms with Crippen molar-refractivity contribution in [3.8, 4) is 0 Å². The van der Waals surface area contributed by atoms with Crippen molar-refractivity contribution in [2.24, 2.45) is 5.92 Å². The van der Waals surface area contributed by atoms with Crippen LogP contribution in [0.5, 0.6) is 0 Å². The number of hydrogen-bond donors (Lipinski definition) is 1. The maximum atomic E-state index is 11.0. The minimum Gasteiger partial charge on any atom is -0.478 e. The molecule has 0 amide bonds. The van der Waals surface area contributed by atoms with Gasteiger partial charge in [0.1, 0.15) is 5.82 Å². The van der Waals surface area contributed by atoms with Crippen LogP contribution in [-0.4, -0.2) is 53.7 Å². The van der Waals surface area contributed by atoms with E-state index < -0.39 is 5.97 Å². The normalized spacial score (nSPS) is 16.9. The third-order valence-electron chi connectivity index (χ3n) is 3.31. The van der Waals surface area contributed by atoms with Crippen molar-refractivity contribution in [2.45, 2.75) is 13.8 Å². The summed E-state index contributed by atoms with van der Waals surface area (Å²) in [4.78, 5) is 19.8. The van der Waals surface area contributed by atoms with E-state index in [0.717, 1.165) is 38.5 Å². The van der Waals surface area contributed by atoms with E-state index in [4.69, 9.17) is 5.11 Å². The summed E-state index contributed by atoms with van der Waals surface area (Å²) in [7, 11) is 0. The molecule has 5 heteroatoms. The fourth-order valence-electron chi connectivity index (χ4n) is 2.40. The largest absolute Gasteiger partial charge is 0.478 e. The Morgan fingerprint density at radius 3 is 2.63 bits per heavy atom. The fourth-order valence-corrected chi connectivity index (χ4v) is 2.40. The van der Waals surface area contributed by atoms with E-state index in [1.807, 2.05) is 0 Å². The highest BCUT2D eigenvalue weighted by Gasteiger charge is 2.19. The molecule has 0 aromatic carbocycles. The first-order valence-corrected chi connectivity index (χ1v) is 6.73. The third-order valence-corrected chi connectivity index (χ3v) is 3.31. The Labute approximate surface area is 113 Å². The van der Waals surface area contributed by atoms with E-state index in [1.54, 1.807) is 12.3 Å². The average Bonchev–Trinajstić information content (AvgIpc) is 2.39. The molecule has 1 aliphatic heterocycles. The standard InChI is InChI=1S/C14H21N3O2/c1-11(2)10-16-5-7-17(8-6-16)13-9-12(14(18)19)3-4-15-13/h3-4,9,11H,5-8,10H2,1-2H3,(H,18,19). The second kappa shape index (κ2) is 6.02. The molecule has 2 rings (SSSR count). The van der Waals surface area contributed by atoms with Crippen LogP contribution in [0.3, 0.4) is 0 Å². The van der Waals surface area contributed by atoms with Crippen molar-refractivity contribution in [3.05, 3.63) is 23.9 Å². The van der Waals surface area contributed by atoms with E-state index in [9.17, 15) is 4.79 Å². The molecule has 19 heavy (non-hydrogen) atoms. The lowest BCUT2D eigenvalue weighted by Gasteiger charge is -2.36. The van der Waals surface area contributed by atoms with Crippen LogP contribution in [0, 0.1) is 5.92 Å². The topological polar surface area (TPSA) is 56.7 Å². The zero-order valence-corrected chi connectivity index (χ0v) is 11.5. The lowest BCUT2D eigenvalue weighted by atomic mass is 10.2. The number of rotatable bonds is 4. The van der Waals surface area contributed by atoms with Crippen molar-refractivity contribution in [1.29, 1.82) is 0 Å². The quantitative estimate of drug-likeness (QED) is 0.893. The monoisotopic (exact) mass is 263 g/mol. The van der Waals surface area contributed by atoms with Gasteiger partial charge in [0.2, 0.25) is 0 Å². The summed E-state index contributed by atoms with van der Waals surface area (Å²) >= 11 is 0. The maximum absolute atomic E-state index is 11.0. The fraction of sp³-hybridized carbons (Fsp3) is 0.571. The average molecular weight is 263 g/mol. The summed E-state index contributed by atoms with van der Waals surface area (Å²) in [5.41, 5.74) is 0.301. The van der Waals surface area contributed by atoms with Gasteiger partial charge in [-0.3, -0.25) is 4.90 Å². The summed E-state index contributed by atoms with van der Waals surface area (Å²) in [6.07, 6.45) is 1.57. The van der Waals surface area contributed by atoms with Gasteiger partial charge in [0.05, 0.1) is 5.56 Å². The Morgan fingerprint density at radius 1 is 1.37 bits per heavy atom. The van der Waals surface area contributed by atoms with Gasteiger partial charge < -0.3 is 10.0 Å². The molecule has 1 aliphatic rings. The molecule has 1 fully saturated rings. The predicted octanol–water partition coefficient (Wildman–Crippen LogP) is 1.56. The second-order valence-corrected chi connectivity index (χ2v) is 5.39. The molecule has 5 nitrogen and oxygen atoms in total. The first-order chi connectivity index (χ1) is 9.06. The van der Waals surface area contributed by atoms with Crippen molar-refractivity contribution in [2.75, 3.05) is 37.6 Å². The van der Waals surface area contributed by atoms with Crippen LogP contribution in [0.15, 0.2) is 18.3 Å². The zero-order valence-electron chi connectivity index (χ0n) is 11.5. The third kappa shape index (κ3) is 3.67. The Balaban J connectivity index is 1.97.